The van der Waals surface area contributed by atoms with Gasteiger partial charge in [0, 0.05) is 28.7 Å². The maximum atomic E-state index is 11.7. The van der Waals surface area contributed by atoms with Gasteiger partial charge in [0.15, 0.2) is 11.5 Å². The normalized spacial score (nSPS) is 17.4. The predicted molar refractivity (Wildman–Crippen MR) is 131 cm³/mol. The Morgan fingerprint density at radius 3 is 2.71 bits per heavy atom. The van der Waals surface area contributed by atoms with Crippen molar-refractivity contribution in [3.63, 3.8) is 0 Å². The molecule has 4 rings (SSSR count). The standard InChI is InChI=1S/C26H28N4O4/c1-4-17-7-6-8-19(13-17)29-25-21-14-24(23(32-3)15-22(21)27-16-28-25)34-20-11-9-18(10-12-20)30-26(31)33-5-2/h1,6-8,13-16,18,20H,5,9-12H2,2-3H3,(H,30,31)(H,27,28,29)/t18-,20+. The number of rotatable bonds is 7. The molecule has 176 valence electrons. The van der Waals surface area contributed by atoms with Gasteiger partial charge in [0.25, 0.3) is 0 Å². The Labute approximate surface area is 199 Å². The maximum Gasteiger partial charge on any atom is 0.407 e. The van der Waals surface area contributed by atoms with Crippen molar-refractivity contribution in [1.82, 2.24) is 15.3 Å². The number of carbonyl (C=O) groups excluding carboxylic acids is 1. The van der Waals surface area contributed by atoms with Gasteiger partial charge in [-0.05, 0) is 56.9 Å². The zero-order valence-electron chi connectivity index (χ0n) is 19.3. The molecule has 0 spiro atoms. The van der Waals surface area contributed by atoms with Gasteiger partial charge in [0.2, 0.25) is 0 Å². The molecule has 3 aromatic rings. The molecule has 1 heterocycles. The van der Waals surface area contributed by atoms with Gasteiger partial charge in [0.1, 0.15) is 12.1 Å². The topological polar surface area (TPSA) is 94.6 Å². The molecule has 8 heteroatoms. The van der Waals surface area contributed by atoms with Crippen LogP contribution in [0.2, 0.25) is 0 Å². The van der Waals surface area contributed by atoms with E-state index in [4.69, 9.17) is 20.6 Å². The van der Waals surface area contributed by atoms with Gasteiger partial charge in [-0.1, -0.05) is 12.0 Å². The summed E-state index contributed by atoms with van der Waals surface area (Å²) in [6.07, 6.45) is 9.95. The Balaban J connectivity index is 1.52. The van der Waals surface area contributed by atoms with Crippen molar-refractivity contribution in [2.45, 2.75) is 44.8 Å². The lowest BCUT2D eigenvalue weighted by Crippen LogP contribution is -2.40. The van der Waals surface area contributed by atoms with E-state index in [1.165, 1.54) is 6.33 Å². The second kappa shape index (κ2) is 10.8. The van der Waals surface area contributed by atoms with Crippen molar-refractivity contribution in [3.05, 3.63) is 48.3 Å². The van der Waals surface area contributed by atoms with Gasteiger partial charge >= 0.3 is 6.09 Å². The molecule has 1 aliphatic rings. The fourth-order valence-electron chi connectivity index (χ4n) is 4.08. The minimum atomic E-state index is -0.365. The number of alkyl carbamates (subject to hydrolysis) is 1. The summed E-state index contributed by atoms with van der Waals surface area (Å²) in [5, 5.41) is 7.05. The number of amides is 1. The molecule has 0 saturated heterocycles. The Bertz CT molecular complexity index is 1200. The van der Waals surface area contributed by atoms with Crippen LogP contribution in [0.5, 0.6) is 11.5 Å². The second-order valence-electron chi connectivity index (χ2n) is 8.05. The van der Waals surface area contributed by atoms with Gasteiger partial charge < -0.3 is 24.8 Å². The first kappa shape index (κ1) is 23.2. The van der Waals surface area contributed by atoms with Crippen LogP contribution >= 0.6 is 0 Å². The SMILES string of the molecule is C#Cc1cccc(Nc2ncnc3cc(OC)c(O[C@H]4CC[C@@H](NC(=O)OCC)CC4)cc23)c1. The number of benzene rings is 2. The lowest BCUT2D eigenvalue weighted by molar-refractivity contribution is 0.120. The highest BCUT2D eigenvalue weighted by Gasteiger charge is 2.25. The summed E-state index contributed by atoms with van der Waals surface area (Å²) in [5.74, 6) is 4.53. The van der Waals surface area contributed by atoms with Crippen molar-refractivity contribution in [2.75, 3.05) is 19.0 Å². The van der Waals surface area contributed by atoms with Gasteiger partial charge in [-0.3, -0.25) is 0 Å². The van der Waals surface area contributed by atoms with Gasteiger partial charge in [-0.25, -0.2) is 14.8 Å². The fraction of sp³-hybridized carbons (Fsp3) is 0.346. The number of hydrogen-bond donors (Lipinski definition) is 2. The molecule has 34 heavy (non-hydrogen) atoms. The van der Waals surface area contributed by atoms with E-state index in [0.29, 0.717) is 23.9 Å². The van der Waals surface area contributed by atoms with Crippen molar-refractivity contribution < 1.29 is 19.0 Å². The molecule has 8 nitrogen and oxygen atoms in total. The van der Waals surface area contributed by atoms with Crippen LogP contribution in [0.25, 0.3) is 10.9 Å². The minimum Gasteiger partial charge on any atom is -0.493 e. The number of anilines is 2. The molecular formula is C26H28N4O4. The van der Waals surface area contributed by atoms with E-state index < -0.39 is 0 Å². The van der Waals surface area contributed by atoms with Crippen molar-refractivity contribution in [2.24, 2.45) is 0 Å². The highest BCUT2D eigenvalue weighted by Crippen LogP contribution is 2.37. The molecule has 0 aliphatic heterocycles. The molecular weight excluding hydrogens is 432 g/mol. The Morgan fingerprint density at radius 1 is 1.15 bits per heavy atom. The average molecular weight is 461 g/mol. The first-order valence-electron chi connectivity index (χ1n) is 11.4. The van der Waals surface area contributed by atoms with Crippen LogP contribution in [-0.2, 0) is 4.74 Å². The lowest BCUT2D eigenvalue weighted by atomic mass is 9.93. The Morgan fingerprint density at radius 2 is 1.97 bits per heavy atom. The fourth-order valence-corrected chi connectivity index (χ4v) is 4.08. The van der Waals surface area contributed by atoms with E-state index in [2.05, 4.69) is 26.5 Å². The summed E-state index contributed by atoms with van der Waals surface area (Å²) in [6.45, 7) is 2.16. The zero-order chi connectivity index (χ0) is 23.9. The third kappa shape index (κ3) is 5.49. The van der Waals surface area contributed by atoms with Crippen LogP contribution in [0.3, 0.4) is 0 Å². The van der Waals surface area contributed by atoms with Crippen LogP contribution in [0.15, 0.2) is 42.7 Å². The molecule has 0 bridgehead atoms. The van der Waals surface area contributed by atoms with Crippen LogP contribution in [0.4, 0.5) is 16.3 Å². The average Bonchev–Trinajstić information content (AvgIpc) is 2.85. The largest absolute Gasteiger partial charge is 0.493 e. The van der Waals surface area contributed by atoms with Crippen LogP contribution in [-0.4, -0.2) is 41.9 Å². The van der Waals surface area contributed by atoms with E-state index in [9.17, 15) is 4.79 Å². The van der Waals surface area contributed by atoms with Crippen molar-refractivity contribution in [3.8, 4) is 23.8 Å². The van der Waals surface area contributed by atoms with E-state index >= 15 is 0 Å². The second-order valence-corrected chi connectivity index (χ2v) is 8.05. The van der Waals surface area contributed by atoms with Gasteiger partial charge in [-0.2, -0.15) is 0 Å². The number of carbonyl (C=O) groups is 1. The summed E-state index contributed by atoms with van der Waals surface area (Å²) in [7, 11) is 1.61. The predicted octanol–water partition coefficient (Wildman–Crippen LogP) is 4.80. The minimum absolute atomic E-state index is 0.0138. The number of methoxy groups -OCH3 is 1. The van der Waals surface area contributed by atoms with E-state index in [-0.39, 0.29) is 18.2 Å². The Kier molecular flexibility index (Phi) is 7.33. The number of ether oxygens (including phenoxy) is 3. The van der Waals surface area contributed by atoms with Crippen LogP contribution in [0, 0.1) is 12.3 Å². The molecule has 1 aliphatic carbocycles. The first-order valence-corrected chi connectivity index (χ1v) is 11.4. The van der Waals surface area contributed by atoms with Crippen LogP contribution in [0.1, 0.15) is 38.2 Å². The van der Waals surface area contributed by atoms with E-state index in [1.807, 2.05) is 36.4 Å². The molecule has 1 aromatic heterocycles. The molecule has 0 radical (unpaired) electrons. The van der Waals surface area contributed by atoms with Crippen molar-refractivity contribution >= 4 is 28.5 Å². The monoisotopic (exact) mass is 460 g/mol. The number of nitrogens with zero attached hydrogens (tertiary/aromatic N) is 2. The summed E-state index contributed by atoms with van der Waals surface area (Å²) >= 11 is 0. The smallest absolute Gasteiger partial charge is 0.407 e. The molecule has 2 aromatic carbocycles. The molecule has 1 amide bonds. The number of aromatic nitrogens is 2. The number of terminal acetylenes is 1. The van der Waals surface area contributed by atoms with E-state index in [0.717, 1.165) is 47.8 Å². The summed E-state index contributed by atoms with van der Waals surface area (Å²) < 4.78 is 16.9. The Hall–Kier alpha value is -3.99. The highest BCUT2D eigenvalue weighted by molar-refractivity contribution is 5.93. The van der Waals surface area contributed by atoms with Gasteiger partial charge in [-0.15, -0.1) is 6.42 Å². The number of nitrogens with one attached hydrogen (secondary N) is 2. The number of hydrogen-bond acceptors (Lipinski definition) is 7. The molecule has 1 saturated carbocycles. The summed E-state index contributed by atoms with van der Waals surface area (Å²) in [6, 6.07) is 11.4. The molecule has 0 unspecified atom stereocenters. The highest BCUT2D eigenvalue weighted by atomic mass is 16.5. The summed E-state index contributed by atoms with van der Waals surface area (Å²) in [4.78, 5) is 20.5. The number of fused-ring (bicyclic) bond motifs is 1. The molecule has 1 fully saturated rings. The third-order valence-electron chi connectivity index (χ3n) is 5.78. The lowest BCUT2D eigenvalue weighted by Gasteiger charge is -2.29. The first-order chi connectivity index (χ1) is 16.6. The third-order valence-corrected chi connectivity index (χ3v) is 5.78. The molecule has 0 atom stereocenters. The van der Waals surface area contributed by atoms with E-state index in [1.54, 1.807) is 14.0 Å². The maximum absolute atomic E-state index is 11.7. The quantitative estimate of drug-likeness (QED) is 0.489. The molecule has 2 N–H and O–H groups in total. The zero-order valence-corrected chi connectivity index (χ0v) is 19.3. The van der Waals surface area contributed by atoms with Crippen LogP contribution < -0.4 is 20.1 Å². The van der Waals surface area contributed by atoms with Crippen molar-refractivity contribution in [1.29, 1.82) is 0 Å². The van der Waals surface area contributed by atoms with Gasteiger partial charge in [0.05, 0.1) is 25.3 Å². The summed E-state index contributed by atoms with van der Waals surface area (Å²) in [5.41, 5.74) is 2.35.